The average molecular weight is 319 g/mol. The molecule has 0 aliphatic rings. The van der Waals surface area contributed by atoms with E-state index in [9.17, 15) is 4.79 Å². The number of carbonyl (C=O) groups is 1. The molecular weight excluding hydrogens is 294 g/mol. The van der Waals surface area contributed by atoms with Gasteiger partial charge in [-0.25, -0.2) is 9.50 Å². The van der Waals surface area contributed by atoms with Gasteiger partial charge >= 0.3 is 0 Å². The van der Waals surface area contributed by atoms with E-state index >= 15 is 0 Å². The van der Waals surface area contributed by atoms with E-state index < -0.39 is 0 Å². The Morgan fingerprint density at radius 1 is 1.39 bits per heavy atom. The van der Waals surface area contributed by atoms with Crippen LogP contribution >= 0.6 is 0 Å². The first-order chi connectivity index (χ1) is 10.9. The fourth-order valence-electron chi connectivity index (χ4n) is 2.75. The maximum absolute atomic E-state index is 12.2. The summed E-state index contributed by atoms with van der Waals surface area (Å²) in [6, 6.07) is 0.00520. The molecular formula is C16H25N5O2. The predicted octanol–water partition coefficient (Wildman–Crippen LogP) is 1.20. The largest absolute Gasteiger partial charge is 0.396 e. The number of hydrogen-bond donors (Lipinski definition) is 2. The molecule has 2 rings (SSSR count). The highest BCUT2D eigenvalue weighted by Gasteiger charge is 2.17. The van der Waals surface area contributed by atoms with Crippen molar-refractivity contribution in [3.05, 3.63) is 23.3 Å². The summed E-state index contributed by atoms with van der Waals surface area (Å²) >= 11 is 0. The van der Waals surface area contributed by atoms with Crippen LogP contribution in [0.1, 0.15) is 43.6 Å². The molecule has 1 unspecified atom stereocenters. The maximum atomic E-state index is 12.2. The van der Waals surface area contributed by atoms with E-state index in [1.165, 1.54) is 6.33 Å². The predicted molar refractivity (Wildman–Crippen MR) is 87.0 cm³/mol. The highest BCUT2D eigenvalue weighted by molar-refractivity contribution is 5.76. The molecule has 7 nitrogen and oxygen atoms in total. The van der Waals surface area contributed by atoms with Gasteiger partial charge in [0.15, 0.2) is 0 Å². The van der Waals surface area contributed by atoms with Gasteiger partial charge in [0.05, 0.1) is 0 Å². The summed E-state index contributed by atoms with van der Waals surface area (Å²) in [5.41, 5.74) is 2.88. The lowest BCUT2D eigenvalue weighted by Crippen LogP contribution is -2.39. The Morgan fingerprint density at radius 3 is 2.78 bits per heavy atom. The molecule has 0 fully saturated rings. The number of fused-ring (bicyclic) bond motifs is 1. The minimum atomic E-state index is -0.00497. The Hall–Kier alpha value is -2.02. The number of nitrogens with one attached hydrogen (secondary N) is 1. The SMILES string of the molecule is Cc1nc2ncnn2c(C)c1CCC(=O)NC(CCO)C(C)C. The smallest absolute Gasteiger partial charge is 0.252 e. The zero-order valence-electron chi connectivity index (χ0n) is 14.2. The summed E-state index contributed by atoms with van der Waals surface area (Å²) in [4.78, 5) is 20.7. The van der Waals surface area contributed by atoms with Crippen LogP contribution in [0.3, 0.4) is 0 Å². The van der Waals surface area contributed by atoms with Crippen LogP contribution in [0, 0.1) is 19.8 Å². The first-order valence-corrected chi connectivity index (χ1v) is 8.00. The van der Waals surface area contributed by atoms with Gasteiger partial charge in [0.1, 0.15) is 6.33 Å². The fourth-order valence-corrected chi connectivity index (χ4v) is 2.75. The van der Waals surface area contributed by atoms with Gasteiger partial charge in [0.2, 0.25) is 5.91 Å². The molecule has 0 spiro atoms. The van der Waals surface area contributed by atoms with Crippen molar-refractivity contribution >= 4 is 11.7 Å². The molecule has 0 radical (unpaired) electrons. The number of aromatic nitrogens is 4. The summed E-state index contributed by atoms with van der Waals surface area (Å²) in [5.74, 6) is 0.869. The summed E-state index contributed by atoms with van der Waals surface area (Å²) in [7, 11) is 0. The van der Waals surface area contributed by atoms with Crippen LogP contribution in [0.4, 0.5) is 0 Å². The molecule has 2 aromatic heterocycles. The molecule has 0 aromatic carbocycles. The Kier molecular flexibility index (Phi) is 5.65. The Bertz CT molecular complexity index is 680. The van der Waals surface area contributed by atoms with Crippen LogP contribution in [0.15, 0.2) is 6.33 Å². The van der Waals surface area contributed by atoms with Crippen LogP contribution in [0.25, 0.3) is 5.78 Å². The molecule has 0 bridgehead atoms. The van der Waals surface area contributed by atoms with Gasteiger partial charge in [-0.3, -0.25) is 4.79 Å². The van der Waals surface area contributed by atoms with E-state index in [1.54, 1.807) is 4.52 Å². The third kappa shape index (κ3) is 4.04. The third-order valence-corrected chi connectivity index (χ3v) is 4.18. The van der Waals surface area contributed by atoms with Gasteiger partial charge in [0, 0.05) is 30.5 Å². The van der Waals surface area contributed by atoms with Gasteiger partial charge < -0.3 is 10.4 Å². The monoisotopic (exact) mass is 319 g/mol. The standard InChI is InChI=1S/C16H25N5O2/c1-10(2)14(7-8-22)20-15(23)6-5-13-11(3)19-16-17-9-18-21(16)12(13)4/h9-10,14,22H,5-8H2,1-4H3,(H,20,23). The highest BCUT2D eigenvalue weighted by Crippen LogP contribution is 2.15. The first kappa shape index (κ1) is 17.3. The molecule has 0 aliphatic heterocycles. The van der Waals surface area contributed by atoms with E-state index in [0.717, 1.165) is 17.0 Å². The zero-order chi connectivity index (χ0) is 17.0. The molecule has 23 heavy (non-hydrogen) atoms. The van der Waals surface area contributed by atoms with Crippen molar-refractivity contribution in [2.75, 3.05) is 6.61 Å². The van der Waals surface area contributed by atoms with Crippen LogP contribution in [0.2, 0.25) is 0 Å². The lowest BCUT2D eigenvalue weighted by atomic mass is 10.0. The van der Waals surface area contributed by atoms with Gasteiger partial charge in [-0.15, -0.1) is 0 Å². The molecule has 2 N–H and O–H groups in total. The van der Waals surface area contributed by atoms with Crippen molar-refractivity contribution < 1.29 is 9.90 Å². The summed E-state index contributed by atoms with van der Waals surface area (Å²) in [6.45, 7) is 8.05. The number of nitrogens with zero attached hydrogens (tertiary/aromatic N) is 4. The molecule has 1 amide bonds. The second-order valence-corrected chi connectivity index (χ2v) is 6.16. The van der Waals surface area contributed by atoms with Crippen LogP contribution in [-0.2, 0) is 11.2 Å². The van der Waals surface area contributed by atoms with Crippen LogP contribution in [0.5, 0.6) is 0 Å². The highest BCUT2D eigenvalue weighted by atomic mass is 16.3. The number of amides is 1. The quantitative estimate of drug-likeness (QED) is 0.800. The molecule has 126 valence electrons. The van der Waals surface area contributed by atoms with E-state index in [1.807, 2.05) is 27.7 Å². The Labute approximate surface area is 136 Å². The molecule has 0 aliphatic carbocycles. The molecule has 2 heterocycles. The Morgan fingerprint density at radius 2 is 2.13 bits per heavy atom. The topological polar surface area (TPSA) is 92.4 Å². The van der Waals surface area contributed by atoms with Crippen molar-refractivity contribution in [3.63, 3.8) is 0 Å². The number of aliphatic hydroxyl groups is 1. The van der Waals surface area contributed by atoms with Gasteiger partial charge in [-0.1, -0.05) is 13.8 Å². The lowest BCUT2D eigenvalue weighted by Gasteiger charge is -2.21. The van der Waals surface area contributed by atoms with Crippen molar-refractivity contribution in [2.24, 2.45) is 5.92 Å². The van der Waals surface area contributed by atoms with E-state index in [2.05, 4.69) is 20.4 Å². The van der Waals surface area contributed by atoms with Crippen LogP contribution < -0.4 is 5.32 Å². The molecule has 7 heteroatoms. The molecule has 0 saturated heterocycles. The van der Waals surface area contributed by atoms with Crippen molar-refractivity contribution in [3.8, 4) is 0 Å². The Balaban J connectivity index is 2.04. The molecule has 2 aromatic rings. The van der Waals surface area contributed by atoms with Crippen molar-refractivity contribution in [1.29, 1.82) is 0 Å². The zero-order valence-corrected chi connectivity index (χ0v) is 14.2. The second kappa shape index (κ2) is 7.50. The minimum absolute atomic E-state index is 0.00497. The van der Waals surface area contributed by atoms with Crippen molar-refractivity contribution in [2.45, 2.75) is 53.0 Å². The number of hydrogen-bond acceptors (Lipinski definition) is 5. The van der Waals surface area contributed by atoms with Crippen molar-refractivity contribution in [1.82, 2.24) is 24.9 Å². The van der Waals surface area contributed by atoms with E-state index in [-0.39, 0.29) is 18.6 Å². The van der Waals surface area contributed by atoms with Gasteiger partial charge in [-0.2, -0.15) is 10.1 Å². The molecule has 0 saturated carbocycles. The van der Waals surface area contributed by atoms with Gasteiger partial charge in [-0.05, 0) is 38.2 Å². The third-order valence-electron chi connectivity index (χ3n) is 4.18. The number of aliphatic hydroxyl groups excluding tert-OH is 1. The lowest BCUT2D eigenvalue weighted by molar-refractivity contribution is -0.122. The summed E-state index contributed by atoms with van der Waals surface area (Å²) in [6.07, 6.45) is 3.05. The fraction of sp³-hybridized carbons (Fsp3) is 0.625. The second-order valence-electron chi connectivity index (χ2n) is 6.16. The van der Waals surface area contributed by atoms with E-state index in [4.69, 9.17) is 5.11 Å². The first-order valence-electron chi connectivity index (χ1n) is 8.00. The maximum Gasteiger partial charge on any atom is 0.252 e. The summed E-state index contributed by atoms with van der Waals surface area (Å²) < 4.78 is 1.70. The van der Waals surface area contributed by atoms with Gasteiger partial charge in [0.25, 0.3) is 5.78 Å². The number of carbonyl (C=O) groups excluding carboxylic acids is 1. The van der Waals surface area contributed by atoms with E-state index in [0.29, 0.717) is 31.0 Å². The average Bonchev–Trinajstić information content (AvgIpc) is 2.94. The van der Waals surface area contributed by atoms with Crippen LogP contribution in [-0.4, -0.2) is 43.2 Å². The number of rotatable bonds is 7. The summed E-state index contributed by atoms with van der Waals surface area (Å²) in [5, 5.41) is 16.2. The number of aryl methyl sites for hydroxylation is 2. The molecule has 1 atom stereocenters. The normalized spacial score (nSPS) is 12.8. The minimum Gasteiger partial charge on any atom is -0.396 e.